The van der Waals surface area contributed by atoms with Crippen LogP contribution in [0.5, 0.6) is 0 Å². The van der Waals surface area contributed by atoms with Gasteiger partial charge >= 0.3 is 0 Å². The Kier molecular flexibility index (Phi) is 11.1. The molecule has 4 aromatic heterocycles. The molecule has 0 aromatic carbocycles. The first-order valence-electron chi connectivity index (χ1n) is 9.16. The van der Waals surface area contributed by atoms with Crippen molar-refractivity contribution in [3.05, 3.63) is 35.6 Å². The van der Waals surface area contributed by atoms with Crippen LogP contribution in [0.25, 0.3) is 15.9 Å². The Hall–Kier alpha value is -3.04. The third-order valence-corrected chi connectivity index (χ3v) is 6.33. The molecule has 0 unspecified atom stereocenters. The molecule has 8 N–H and O–H groups in total. The standard InChI is InChI=1S/C6H6N4S2.C6H8N4S2.C6H6N4S/c1-11-6-8-2-3-4(7)12-10-5(3)9-6;1-12-6-9-2-3(5(8)11)4(7)10-6;1-8-4-3-9-6(11-2)10-5(4)7/h2H,7H2,1H3;2H,1H3,(H2,8,11)(H2,7,9,10);3H,2H3,(H2,7,9,10). The van der Waals surface area contributed by atoms with Crippen LogP contribution < -0.4 is 22.9 Å². The Morgan fingerprint density at radius 2 is 1.43 bits per heavy atom. The Morgan fingerprint density at radius 1 is 0.886 bits per heavy atom. The van der Waals surface area contributed by atoms with Crippen molar-refractivity contribution in [1.29, 1.82) is 0 Å². The predicted octanol–water partition coefficient (Wildman–Crippen LogP) is 3.14. The molecule has 0 bridgehead atoms. The molecule has 0 saturated heterocycles. The zero-order valence-corrected chi connectivity index (χ0v) is 22.7. The molecule has 35 heavy (non-hydrogen) atoms. The molecule has 4 rings (SSSR count). The Labute approximate surface area is 223 Å². The lowest BCUT2D eigenvalue weighted by molar-refractivity contribution is 0.975. The van der Waals surface area contributed by atoms with E-state index in [0.29, 0.717) is 38.0 Å². The fourth-order valence-corrected chi connectivity index (χ4v) is 3.82. The van der Waals surface area contributed by atoms with Crippen LogP contribution in [-0.2, 0) is 0 Å². The summed E-state index contributed by atoms with van der Waals surface area (Å²) in [7, 11) is 0. The first-order chi connectivity index (χ1) is 16.7. The summed E-state index contributed by atoms with van der Waals surface area (Å²) in [6.45, 7) is 6.67. The van der Waals surface area contributed by atoms with Crippen LogP contribution in [0.1, 0.15) is 5.56 Å². The average Bonchev–Trinajstić information content (AvgIpc) is 3.24. The van der Waals surface area contributed by atoms with Gasteiger partial charge in [-0.1, -0.05) is 47.5 Å². The minimum atomic E-state index is 0.222. The lowest BCUT2D eigenvalue weighted by Crippen LogP contribution is -2.14. The summed E-state index contributed by atoms with van der Waals surface area (Å²) >= 11 is 10.3. The van der Waals surface area contributed by atoms with Gasteiger partial charge in [-0.25, -0.2) is 34.7 Å². The normalized spacial score (nSPS) is 9.89. The molecule has 17 heteroatoms. The molecule has 0 aliphatic rings. The van der Waals surface area contributed by atoms with E-state index in [-0.39, 0.29) is 10.8 Å². The maximum absolute atomic E-state index is 6.67. The second kappa shape index (κ2) is 13.7. The fraction of sp³-hybridized carbons (Fsp3) is 0.167. The second-order valence-electron chi connectivity index (χ2n) is 5.90. The smallest absolute Gasteiger partial charge is 0.245 e. The summed E-state index contributed by atoms with van der Waals surface area (Å²) < 4.78 is 4.08. The van der Waals surface area contributed by atoms with E-state index in [1.165, 1.54) is 59.2 Å². The highest BCUT2D eigenvalue weighted by Crippen LogP contribution is 2.23. The van der Waals surface area contributed by atoms with Crippen molar-refractivity contribution >= 4 is 97.4 Å². The van der Waals surface area contributed by atoms with Crippen molar-refractivity contribution < 1.29 is 0 Å². The Bertz CT molecular complexity index is 1350. The number of aromatic nitrogens is 7. The van der Waals surface area contributed by atoms with E-state index in [1.807, 2.05) is 18.8 Å². The molecular weight excluding hydrogens is 545 g/mol. The summed E-state index contributed by atoms with van der Waals surface area (Å²) in [5, 5.41) is 3.46. The maximum atomic E-state index is 6.67. The SMILES string of the molecule is CSc1ncc(C(N)=S)c(N)n1.CSc1ncc2c(N)snc2n1.[C-]#[N+]c1cnc(SC)nc1N. The van der Waals surface area contributed by atoms with Crippen molar-refractivity contribution in [2.24, 2.45) is 5.73 Å². The van der Waals surface area contributed by atoms with Gasteiger partial charge in [0.25, 0.3) is 0 Å². The summed E-state index contributed by atoms with van der Waals surface area (Å²) in [5.41, 5.74) is 23.5. The first kappa shape index (κ1) is 28.2. The molecule has 0 aliphatic heterocycles. The largest absolute Gasteiger partial charge is 0.392 e. The number of anilines is 3. The summed E-state index contributed by atoms with van der Waals surface area (Å²) in [4.78, 5) is 27.4. The van der Waals surface area contributed by atoms with Gasteiger partial charge < -0.3 is 22.9 Å². The number of nitrogen functional groups attached to an aromatic ring is 3. The van der Waals surface area contributed by atoms with Crippen LogP contribution in [0, 0.1) is 6.57 Å². The predicted molar refractivity (Wildman–Crippen MR) is 150 cm³/mol. The van der Waals surface area contributed by atoms with E-state index in [2.05, 4.69) is 39.1 Å². The molecule has 0 fully saturated rings. The molecular formula is C18H20N12S5. The van der Waals surface area contributed by atoms with Crippen molar-refractivity contribution in [3.63, 3.8) is 0 Å². The van der Waals surface area contributed by atoms with Gasteiger partial charge in [-0.05, 0) is 30.3 Å². The van der Waals surface area contributed by atoms with Gasteiger partial charge in [0.2, 0.25) is 5.69 Å². The average molecular weight is 565 g/mol. The molecule has 0 atom stereocenters. The molecule has 0 saturated carbocycles. The zero-order chi connectivity index (χ0) is 26.0. The van der Waals surface area contributed by atoms with Gasteiger partial charge in [-0.15, -0.1) is 0 Å². The number of nitrogens with zero attached hydrogens (tertiary/aromatic N) is 8. The van der Waals surface area contributed by atoms with Gasteiger partial charge in [-0.3, -0.25) is 0 Å². The quantitative estimate of drug-likeness (QED) is 0.122. The highest BCUT2D eigenvalue weighted by Gasteiger charge is 2.06. The van der Waals surface area contributed by atoms with Crippen LogP contribution in [0.15, 0.2) is 34.1 Å². The second-order valence-corrected chi connectivity index (χ2v) is 9.46. The van der Waals surface area contributed by atoms with Gasteiger partial charge in [-0.2, -0.15) is 4.37 Å². The van der Waals surface area contributed by atoms with Crippen LogP contribution in [0.2, 0.25) is 0 Å². The van der Waals surface area contributed by atoms with E-state index in [4.69, 9.17) is 41.7 Å². The Balaban J connectivity index is 0.000000185. The number of nitrogens with two attached hydrogens (primary N) is 4. The zero-order valence-electron chi connectivity index (χ0n) is 18.7. The fourth-order valence-electron chi connectivity index (χ4n) is 2.06. The minimum Gasteiger partial charge on any atom is -0.392 e. The van der Waals surface area contributed by atoms with E-state index in [0.717, 1.165) is 10.5 Å². The highest BCUT2D eigenvalue weighted by molar-refractivity contribution is 7.98. The van der Waals surface area contributed by atoms with Crippen molar-refractivity contribution in [1.82, 2.24) is 34.3 Å². The van der Waals surface area contributed by atoms with Gasteiger partial charge in [0.1, 0.15) is 21.6 Å². The van der Waals surface area contributed by atoms with Crippen molar-refractivity contribution in [2.45, 2.75) is 15.5 Å². The molecule has 4 aromatic rings. The van der Waals surface area contributed by atoms with Gasteiger partial charge in [0, 0.05) is 18.6 Å². The third kappa shape index (κ3) is 8.00. The molecule has 182 valence electrons. The van der Waals surface area contributed by atoms with Crippen molar-refractivity contribution in [2.75, 3.05) is 36.0 Å². The van der Waals surface area contributed by atoms with Crippen LogP contribution in [0.4, 0.5) is 22.3 Å². The van der Waals surface area contributed by atoms with Crippen LogP contribution in [-0.4, -0.2) is 58.0 Å². The van der Waals surface area contributed by atoms with Crippen molar-refractivity contribution in [3.8, 4) is 0 Å². The van der Waals surface area contributed by atoms with Crippen LogP contribution in [0.3, 0.4) is 0 Å². The summed E-state index contributed by atoms with van der Waals surface area (Å²) in [6.07, 6.45) is 10.3. The molecule has 4 heterocycles. The van der Waals surface area contributed by atoms with E-state index in [9.17, 15) is 0 Å². The minimum absolute atomic E-state index is 0.222. The number of hydrogen-bond acceptors (Lipinski definition) is 15. The van der Waals surface area contributed by atoms with E-state index >= 15 is 0 Å². The topological polar surface area (TPSA) is 199 Å². The van der Waals surface area contributed by atoms with E-state index in [1.54, 1.807) is 6.20 Å². The highest BCUT2D eigenvalue weighted by atomic mass is 32.2. The number of rotatable bonds is 4. The number of hydrogen-bond donors (Lipinski definition) is 4. The number of thiocarbonyl (C=S) groups is 1. The lowest BCUT2D eigenvalue weighted by Gasteiger charge is -2.02. The van der Waals surface area contributed by atoms with Gasteiger partial charge in [0.15, 0.2) is 21.1 Å². The summed E-state index contributed by atoms with van der Waals surface area (Å²) in [5.74, 6) is 0.584. The van der Waals surface area contributed by atoms with Crippen LogP contribution >= 0.6 is 59.0 Å². The maximum Gasteiger partial charge on any atom is 0.245 e. The molecule has 0 spiro atoms. The summed E-state index contributed by atoms with van der Waals surface area (Å²) in [6, 6.07) is 0. The Morgan fingerprint density at radius 3 is 1.94 bits per heavy atom. The molecule has 0 amide bonds. The first-order valence-corrected chi connectivity index (χ1v) is 14.0. The molecule has 12 nitrogen and oxygen atoms in total. The number of thioether (sulfide) groups is 3. The monoisotopic (exact) mass is 564 g/mol. The lowest BCUT2D eigenvalue weighted by atomic mass is 10.3. The molecule has 0 radical (unpaired) electrons. The van der Waals surface area contributed by atoms with Gasteiger partial charge in [0.05, 0.1) is 17.5 Å². The third-order valence-electron chi connectivity index (χ3n) is 3.75. The number of fused-ring (bicyclic) bond motifs is 1. The van der Waals surface area contributed by atoms with E-state index < -0.39 is 0 Å². The molecule has 0 aliphatic carbocycles.